The Bertz CT molecular complexity index is 342. The molecule has 1 rings (SSSR count). The van der Waals surface area contributed by atoms with E-state index in [1.165, 1.54) is 0 Å². The molecule has 1 aromatic rings. The maximum atomic E-state index is 9.04. The van der Waals surface area contributed by atoms with Crippen LogP contribution in [0.15, 0.2) is 6.20 Å². The zero-order valence-corrected chi connectivity index (χ0v) is 11.0. The van der Waals surface area contributed by atoms with E-state index in [2.05, 4.69) is 22.2 Å². The molecule has 0 saturated carbocycles. The lowest BCUT2D eigenvalue weighted by Gasteiger charge is -2.23. The monoisotopic (exact) mass is 258 g/mol. The van der Waals surface area contributed by atoms with E-state index in [-0.39, 0.29) is 6.61 Å². The van der Waals surface area contributed by atoms with Crippen LogP contribution in [-0.2, 0) is 0 Å². The van der Waals surface area contributed by atoms with Crippen molar-refractivity contribution in [2.75, 3.05) is 36.5 Å². The van der Waals surface area contributed by atoms with Crippen molar-refractivity contribution in [2.45, 2.75) is 20.3 Å². The molecule has 0 spiro atoms. The molecule has 0 bridgehead atoms. The van der Waals surface area contributed by atoms with Gasteiger partial charge in [0.25, 0.3) is 0 Å². The SMILES string of the molecule is CCCN(CCO)c1nc(NCC)ncc1Cl. The molecular formula is C11H19ClN4O. The molecule has 17 heavy (non-hydrogen) atoms. The summed E-state index contributed by atoms with van der Waals surface area (Å²) in [5.41, 5.74) is 0. The average Bonchev–Trinajstić information content (AvgIpc) is 2.32. The smallest absolute Gasteiger partial charge is 0.224 e. The summed E-state index contributed by atoms with van der Waals surface area (Å²) in [4.78, 5) is 10.4. The van der Waals surface area contributed by atoms with Crippen molar-refractivity contribution in [1.29, 1.82) is 0 Å². The summed E-state index contributed by atoms with van der Waals surface area (Å²) in [6.07, 6.45) is 2.55. The molecule has 0 aromatic carbocycles. The Hall–Kier alpha value is -1.07. The third-order valence-corrected chi connectivity index (χ3v) is 2.49. The van der Waals surface area contributed by atoms with Gasteiger partial charge in [-0.2, -0.15) is 4.98 Å². The molecule has 0 radical (unpaired) electrons. The van der Waals surface area contributed by atoms with Crippen molar-refractivity contribution < 1.29 is 5.11 Å². The van der Waals surface area contributed by atoms with Crippen LogP contribution in [0.3, 0.4) is 0 Å². The number of nitrogens with one attached hydrogen (secondary N) is 1. The molecule has 0 aliphatic carbocycles. The van der Waals surface area contributed by atoms with E-state index >= 15 is 0 Å². The largest absolute Gasteiger partial charge is 0.395 e. The van der Waals surface area contributed by atoms with Crippen molar-refractivity contribution >= 4 is 23.4 Å². The van der Waals surface area contributed by atoms with Crippen LogP contribution in [0, 0.1) is 0 Å². The first-order valence-electron chi connectivity index (χ1n) is 5.85. The highest BCUT2D eigenvalue weighted by molar-refractivity contribution is 6.32. The highest BCUT2D eigenvalue weighted by atomic mass is 35.5. The predicted molar refractivity (Wildman–Crippen MR) is 70.8 cm³/mol. The first-order chi connectivity index (χ1) is 8.22. The minimum Gasteiger partial charge on any atom is -0.395 e. The Balaban J connectivity index is 2.94. The van der Waals surface area contributed by atoms with Crippen LogP contribution in [0.2, 0.25) is 5.02 Å². The van der Waals surface area contributed by atoms with Gasteiger partial charge in [0, 0.05) is 19.6 Å². The van der Waals surface area contributed by atoms with E-state index in [1.807, 2.05) is 11.8 Å². The Morgan fingerprint density at radius 2 is 2.18 bits per heavy atom. The van der Waals surface area contributed by atoms with Crippen LogP contribution >= 0.6 is 11.6 Å². The van der Waals surface area contributed by atoms with Gasteiger partial charge in [-0.05, 0) is 13.3 Å². The first kappa shape index (κ1) is 14.0. The first-order valence-corrected chi connectivity index (χ1v) is 6.22. The van der Waals surface area contributed by atoms with E-state index in [4.69, 9.17) is 16.7 Å². The summed E-state index contributed by atoms with van der Waals surface area (Å²) in [5, 5.41) is 12.6. The molecular weight excluding hydrogens is 240 g/mol. The minimum absolute atomic E-state index is 0.0802. The highest BCUT2D eigenvalue weighted by Gasteiger charge is 2.12. The van der Waals surface area contributed by atoms with Crippen LogP contribution < -0.4 is 10.2 Å². The molecule has 2 N–H and O–H groups in total. The Morgan fingerprint density at radius 3 is 2.76 bits per heavy atom. The predicted octanol–water partition coefficient (Wildman–Crippen LogP) is 1.77. The van der Waals surface area contributed by atoms with Crippen LogP contribution in [0.25, 0.3) is 0 Å². The number of aromatic nitrogens is 2. The molecule has 0 saturated heterocycles. The van der Waals surface area contributed by atoms with E-state index in [1.54, 1.807) is 6.20 Å². The quantitative estimate of drug-likeness (QED) is 0.781. The third kappa shape index (κ3) is 4.02. The second-order valence-corrected chi connectivity index (χ2v) is 4.01. The van der Waals surface area contributed by atoms with E-state index < -0.39 is 0 Å². The fourth-order valence-electron chi connectivity index (χ4n) is 1.54. The van der Waals surface area contributed by atoms with Crippen molar-refractivity contribution in [3.63, 3.8) is 0 Å². The van der Waals surface area contributed by atoms with Gasteiger partial charge in [0.2, 0.25) is 5.95 Å². The Morgan fingerprint density at radius 1 is 1.41 bits per heavy atom. The van der Waals surface area contributed by atoms with Gasteiger partial charge in [-0.3, -0.25) is 0 Å². The number of aliphatic hydroxyl groups excluding tert-OH is 1. The minimum atomic E-state index is 0.0802. The fraction of sp³-hybridized carbons (Fsp3) is 0.636. The number of hydrogen-bond donors (Lipinski definition) is 2. The van der Waals surface area contributed by atoms with Gasteiger partial charge in [0.1, 0.15) is 5.02 Å². The zero-order valence-electron chi connectivity index (χ0n) is 10.3. The Kier molecular flexibility index (Phi) is 6.00. The molecule has 1 heterocycles. The number of hydrogen-bond acceptors (Lipinski definition) is 5. The summed E-state index contributed by atoms with van der Waals surface area (Å²) in [6, 6.07) is 0. The van der Waals surface area contributed by atoms with Crippen LogP contribution in [-0.4, -0.2) is 41.3 Å². The molecule has 0 aliphatic heterocycles. The standard InChI is InChI=1S/C11H19ClN4O/c1-3-5-16(6-7-17)10-9(12)8-14-11(15-10)13-4-2/h8,17H,3-7H2,1-2H3,(H,13,14,15). The van der Waals surface area contributed by atoms with Crippen molar-refractivity contribution in [3.05, 3.63) is 11.2 Å². The fourth-order valence-corrected chi connectivity index (χ4v) is 1.75. The van der Waals surface area contributed by atoms with Crippen molar-refractivity contribution in [2.24, 2.45) is 0 Å². The van der Waals surface area contributed by atoms with Gasteiger partial charge in [-0.1, -0.05) is 18.5 Å². The van der Waals surface area contributed by atoms with E-state index in [0.717, 1.165) is 19.5 Å². The maximum Gasteiger partial charge on any atom is 0.224 e. The molecule has 0 aliphatic rings. The Labute approximate surface area is 107 Å². The summed E-state index contributed by atoms with van der Waals surface area (Å²) in [6.45, 7) is 6.23. The highest BCUT2D eigenvalue weighted by Crippen LogP contribution is 2.23. The van der Waals surface area contributed by atoms with Crippen LogP contribution in [0.1, 0.15) is 20.3 Å². The maximum absolute atomic E-state index is 9.04. The molecule has 96 valence electrons. The average molecular weight is 259 g/mol. The number of halogens is 1. The molecule has 0 unspecified atom stereocenters. The summed E-state index contributed by atoms with van der Waals surface area (Å²) < 4.78 is 0. The number of rotatable bonds is 7. The lowest BCUT2D eigenvalue weighted by Crippen LogP contribution is -2.29. The van der Waals surface area contributed by atoms with Gasteiger partial charge in [0.05, 0.1) is 12.8 Å². The lowest BCUT2D eigenvalue weighted by molar-refractivity contribution is 0.301. The molecule has 1 aromatic heterocycles. The zero-order chi connectivity index (χ0) is 12.7. The molecule has 6 heteroatoms. The van der Waals surface area contributed by atoms with Gasteiger partial charge >= 0.3 is 0 Å². The molecule has 0 atom stereocenters. The van der Waals surface area contributed by atoms with Crippen molar-refractivity contribution in [1.82, 2.24) is 9.97 Å². The van der Waals surface area contributed by atoms with Gasteiger partial charge in [-0.15, -0.1) is 0 Å². The van der Waals surface area contributed by atoms with E-state index in [0.29, 0.717) is 23.3 Å². The summed E-state index contributed by atoms with van der Waals surface area (Å²) in [7, 11) is 0. The summed E-state index contributed by atoms with van der Waals surface area (Å²) >= 11 is 6.09. The molecule has 5 nitrogen and oxygen atoms in total. The normalized spacial score (nSPS) is 10.4. The lowest BCUT2D eigenvalue weighted by atomic mass is 10.4. The van der Waals surface area contributed by atoms with E-state index in [9.17, 15) is 0 Å². The van der Waals surface area contributed by atoms with Gasteiger partial charge < -0.3 is 15.3 Å². The number of anilines is 2. The second-order valence-electron chi connectivity index (χ2n) is 3.61. The number of aliphatic hydroxyl groups is 1. The summed E-state index contributed by atoms with van der Waals surface area (Å²) in [5.74, 6) is 1.24. The van der Waals surface area contributed by atoms with Gasteiger partial charge in [-0.25, -0.2) is 4.98 Å². The molecule has 0 amide bonds. The van der Waals surface area contributed by atoms with Crippen molar-refractivity contribution in [3.8, 4) is 0 Å². The topological polar surface area (TPSA) is 61.3 Å². The third-order valence-electron chi connectivity index (χ3n) is 2.22. The van der Waals surface area contributed by atoms with Crippen LogP contribution in [0.4, 0.5) is 11.8 Å². The second kappa shape index (κ2) is 7.29. The number of nitrogens with zero attached hydrogens (tertiary/aromatic N) is 3. The van der Waals surface area contributed by atoms with Crippen LogP contribution in [0.5, 0.6) is 0 Å². The molecule has 0 fully saturated rings. The van der Waals surface area contributed by atoms with Gasteiger partial charge in [0.15, 0.2) is 5.82 Å².